The minimum atomic E-state index is -4.03. The van der Waals surface area contributed by atoms with E-state index in [1.54, 1.807) is 7.05 Å². The van der Waals surface area contributed by atoms with Gasteiger partial charge in [-0.3, -0.25) is 4.18 Å². The van der Waals surface area contributed by atoms with E-state index in [9.17, 15) is 8.42 Å². The summed E-state index contributed by atoms with van der Waals surface area (Å²) < 4.78 is 60.0. The first-order chi connectivity index (χ1) is 22.0. The van der Waals surface area contributed by atoms with Crippen LogP contribution in [0, 0.1) is 5.92 Å². The highest BCUT2D eigenvalue weighted by atomic mass is 32.2. The number of fused-ring (bicyclic) bond motifs is 1. The molecule has 1 aliphatic carbocycles. The van der Waals surface area contributed by atoms with E-state index in [0.29, 0.717) is 19.8 Å². The molecule has 0 amide bonds. The molecule has 2 aliphatic rings. The van der Waals surface area contributed by atoms with Crippen LogP contribution in [0.2, 0.25) is 0 Å². The lowest BCUT2D eigenvalue weighted by atomic mass is 9.76. The Morgan fingerprint density at radius 2 is 0.978 bits per heavy atom. The van der Waals surface area contributed by atoms with Gasteiger partial charge in [0.15, 0.2) is 0 Å². The van der Waals surface area contributed by atoms with Crippen molar-refractivity contribution in [2.24, 2.45) is 5.92 Å². The zero-order valence-corrected chi connectivity index (χ0v) is 26.1. The lowest BCUT2D eigenvalue weighted by Gasteiger charge is -2.47. The SMILES string of the molecule is CN1[C@H]2[C@@H](OS1(=O)=O)[C@H](COCc1ccccc1)[C@@H](OCc1ccccc1)C(OCc1ccccc1)[C@H]2OCc1ccccc1. The summed E-state index contributed by atoms with van der Waals surface area (Å²) in [5, 5.41) is 0. The third-order valence-electron chi connectivity index (χ3n) is 8.45. The zero-order valence-electron chi connectivity index (χ0n) is 25.3. The maximum absolute atomic E-state index is 13.3. The van der Waals surface area contributed by atoms with Crippen molar-refractivity contribution in [3.8, 4) is 0 Å². The average Bonchev–Trinajstić information content (AvgIpc) is 3.32. The van der Waals surface area contributed by atoms with Gasteiger partial charge in [0.25, 0.3) is 0 Å². The second-order valence-electron chi connectivity index (χ2n) is 11.5. The van der Waals surface area contributed by atoms with Crippen LogP contribution in [0.1, 0.15) is 22.3 Å². The normalized spacial score (nSPS) is 26.0. The van der Waals surface area contributed by atoms with E-state index >= 15 is 0 Å². The Hall–Kier alpha value is -3.41. The molecule has 236 valence electrons. The highest BCUT2D eigenvalue weighted by molar-refractivity contribution is 7.84. The van der Waals surface area contributed by atoms with Crippen molar-refractivity contribution < 1.29 is 31.5 Å². The van der Waals surface area contributed by atoms with Gasteiger partial charge in [0.05, 0.1) is 45.2 Å². The molecule has 1 heterocycles. The second-order valence-corrected chi connectivity index (χ2v) is 13.1. The molecular weight excluding hydrogens is 590 g/mol. The number of hydrogen-bond donors (Lipinski definition) is 0. The largest absolute Gasteiger partial charge is 0.376 e. The highest BCUT2D eigenvalue weighted by Gasteiger charge is 2.61. The first-order valence-corrected chi connectivity index (χ1v) is 16.6. The summed E-state index contributed by atoms with van der Waals surface area (Å²) in [6, 6.07) is 38.8. The second kappa shape index (κ2) is 14.8. The molecule has 1 saturated carbocycles. The summed E-state index contributed by atoms with van der Waals surface area (Å²) in [6.45, 7) is 1.45. The van der Waals surface area contributed by atoms with Crippen molar-refractivity contribution >= 4 is 10.3 Å². The average molecular weight is 630 g/mol. The lowest BCUT2D eigenvalue weighted by Crippen LogP contribution is -2.65. The van der Waals surface area contributed by atoms with Gasteiger partial charge in [0.2, 0.25) is 0 Å². The van der Waals surface area contributed by atoms with Gasteiger partial charge in [-0.05, 0) is 22.3 Å². The van der Waals surface area contributed by atoms with Crippen LogP contribution in [-0.2, 0) is 59.9 Å². The minimum absolute atomic E-state index is 0.204. The van der Waals surface area contributed by atoms with Crippen LogP contribution in [0.5, 0.6) is 0 Å². The Labute approximate surface area is 265 Å². The highest BCUT2D eigenvalue weighted by Crippen LogP contribution is 2.43. The molecule has 0 bridgehead atoms. The van der Waals surface area contributed by atoms with Crippen LogP contribution in [0.3, 0.4) is 0 Å². The molecule has 0 radical (unpaired) electrons. The van der Waals surface area contributed by atoms with Gasteiger partial charge in [-0.15, -0.1) is 0 Å². The molecule has 6 rings (SSSR count). The third kappa shape index (κ3) is 7.70. The molecule has 4 aromatic carbocycles. The maximum Gasteiger partial charge on any atom is 0.338 e. The first-order valence-electron chi connectivity index (χ1n) is 15.2. The van der Waals surface area contributed by atoms with Crippen LogP contribution in [-0.4, -0.2) is 56.8 Å². The minimum Gasteiger partial charge on any atom is -0.376 e. The van der Waals surface area contributed by atoms with Crippen molar-refractivity contribution in [3.63, 3.8) is 0 Å². The predicted molar refractivity (Wildman–Crippen MR) is 170 cm³/mol. The van der Waals surface area contributed by atoms with Crippen molar-refractivity contribution in [1.82, 2.24) is 4.31 Å². The molecule has 2 fully saturated rings. The van der Waals surface area contributed by atoms with E-state index < -0.39 is 46.7 Å². The number of nitrogens with zero attached hydrogens (tertiary/aromatic N) is 1. The molecule has 1 saturated heterocycles. The molecule has 0 aromatic heterocycles. The molecule has 9 heteroatoms. The predicted octanol–water partition coefficient (Wildman–Crippen LogP) is 5.53. The molecule has 4 aromatic rings. The Kier molecular flexibility index (Phi) is 10.4. The Morgan fingerprint density at radius 1 is 0.578 bits per heavy atom. The van der Waals surface area contributed by atoms with Crippen molar-refractivity contribution in [1.29, 1.82) is 0 Å². The molecule has 1 aliphatic heterocycles. The van der Waals surface area contributed by atoms with Crippen LogP contribution < -0.4 is 0 Å². The van der Waals surface area contributed by atoms with E-state index in [0.717, 1.165) is 22.3 Å². The number of ether oxygens (including phenoxy) is 4. The van der Waals surface area contributed by atoms with Crippen LogP contribution in [0.15, 0.2) is 121 Å². The van der Waals surface area contributed by atoms with E-state index in [-0.39, 0.29) is 13.2 Å². The molecule has 0 N–H and O–H groups in total. The zero-order chi connectivity index (χ0) is 31.1. The summed E-state index contributed by atoms with van der Waals surface area (Å²) in [4.78, 5) is 0. The lowest BCUT2D eigenvalue weighted by molar-refractivity contribution is -0.224. The smallest absolute Gasteiger partial charge is 0.338 e. The van der Waals surface area contributed by atoms with Crippen LogP contribution >= 0.6 is 0 Å². The number of rotatable bonds is 13. The Morgan fingerprint density at radius 3 is 1.44 bits per heavy atom. The van der Waals surface area contributed by atoms with Gasteiger partial charge in [-0.1, -0.05) is 121 Å². The fourth-order valence-electron chi connectivity index (χ4n) is 6.13. The quantitative estimate of drug-likeness (QED) is 0.192. The molecule has 0 spiro atoms. The Bertz CT molecular complexity index is 1580. The summed E-state index contributed by atoms with van der Waals surface area (Å²) in [7, 11) is -2.49. The van der Waals surface area contributed by atoms with Gasteiger partial charge in [-0.25, -0.2) is 0 Å². The summed E-state index contributed by atoms with van der Waals surface area (Å²) >= 11 is 0. The third-order valence-corrected chi connectivity index (χ3v) is 9.86. The van der Waals surface area contributed by atoms with Crippen LogP contribution in [0.4, 0.5) is 0 Å². The standard InChI is InChI=1S/C36H39NO7S/c1-37-32-33(44-45(37,38)39)31(26-40-22-27-14-6-2-7-15-27)34(41-23-28-16-8-3-9-17-28)36(43-25-30-20-12-5-13-21-30)35(32)42-24-29-18-10-4-11-19-29/h2-21,31-36H,22-26H2,1H3/t31-,32-,33-,34+,35-,36?/m0/s1. The molecule has 8 nitrogen and oxygen atoms in total. The molecule has 1 unspecified atom stereocenters. The van der Waals surface area contributed by atoms with Gasteiger partial charge >= 0.3 is 10.3 Å². The maximum atomic E-state index is 13.3. The molecule has 45 heavy (non-hydrogen) atoms. The summed E-state index contributed by atoms with van der Waals surface area (Å²) in [5.41, 5.74) is 3.97. The number of benzene rings is 4. The van der Waals surface area contributed by atoms with Gasteiger partial charge < -0.3 is 18.9 Å². The summed E-state index contributed by atoms with van der Waals surface area (Å²) in [6.07, 6.45) is -2.70. The topological polar surface area (TPSA) is 83.5 Å². The van der Waals surface area contributed by atoms with Gasteiger partial charge in [-0.2, -0.15) is 12.7 Å². The van der Waals surface area contributed by atoms with Gasteiger partial charge in [0, 0.05) is 13.0 Å². The number of likely N-dealkylation sites (N-methyl/N-ethyl adjacent to an activating group) is 1. The summed E-state index contributed by atoms with van der Waals surface area (Å²) in [5.74, 6) is -0.473. The fourth-order valence-corrected chi connectivity index (χ4v) is 7.34. The van der Waals surface area contributed by atoms with Crippen molar-refractivity contribution in [2.45, 2.75) is 56.9 Å². The van der Waals surface area contributed by atoms with E-state index in [1.165, 1.54) is 4.31 Å². The molecular formula is C36H39NO7S. The first kappa shape index (κ1) is 31.6. The molecule has 6 atom stereocenters. The van der Waals surface area contributed by atoms with E-state index in [4.69, 9.17) is 23.1 Å². The van der Waals surface area contributed by atoms with Gasteiger partial charge in [0.1, 0.15) is 18.3 Å². The monoisotopic (exact) mass is 629 g/mol. The van der Waals surface area contributed by atoms with E-state index in [2.05, 4.69) is 0 Å². The van der Waals surface area contributed by atoms with Crippen molar-refractivity contribution in [2.75, 3.05) is 13.7 Å². The van der Waals surface area contributed by atoms with E-state index in [1.807, 2.05) is 121 Å². The fraction of sp³-hybridized carbons (Fsp3) is 0.333. The Balaban J connectivity index is 1.35. The number of hydrogen-bond acceptors (Lipinski definition) is 7. The van der Waals surface area contributed by atoms with Crippen molar-refractivity contribution in [3.05, 3.63) is 144 Å². The van der Waals surface area contributed by atoms with Crippen LogP contribution in [0.25, 0.3) is 0 Å².